The van der Waals surface area contributed by atoms with Crippen molar-refractivity contribution in [3.63, 3.8) is 0 Å². The molecule has 2 heteroatoms. The summed E-state index contributed by atoms with van der Waals surface area (Å²) in [7, 11) is 0. The van der Waals surface area contributed by atoms with E-state index in [-0.39, 0.29) is 5.60 Å². The second-order valence-corrected chi connectivity index (χ2v) is 5.87. The first-order chi connectivity index (χ1) is 8.67. The van der Waals surface area contributed by atoms with Gasteiger partial charge in [0.25, 0.3) is 0 Å². The van der Waals surface area contributed by atoms with Crippen molar-refractivity contribution in [3.05, 3.63) is 35.9 Å². The third-order valence-electron chi connectivity index (χ3n) is 4.35. The molecule has 1 saturated heterocycles. The van der Waals surface area contributed by atoms with Gasteiger partial charge in [0.05, 0.1) is 11.7 Å². The molecule has 0 aromatic heterocycles. The van der Waals surface area contributed by atoms with Crippen molar-refractivity contribution < 1.29 is 9.53 Å². The molecule has 1 aliphatic carbocycles. The molecule has 1 aromatic rings. The minimum Gasteiger partial charge on any atom is -0.366 e. The largest absolute Gasteiger partial charge is 0.366 e. The normalized spacial score (nSPS) is 36.2. The predicted molar refractivity (Wildman–Crippen MR) is 70.6 cm³/mol. The lowest BCUT2D eigenvalue weighted by Gasteiger charge is -2.18. The third kappa shape index (κ3) is 2.35. The number of rotatable bonds is 1. The molecule has 3 atom stereocenters. The fourth-order valence-electron chi connectivity index (χ4n) is 3.22. The fourth-order valence-corrected chi connectivity index (χ4v) is 3.22. The van der Waals surface area contributed by atoms with Crippen molar-refractivity contribution in [1.29, 1.82) is 0 Å². The number of benzene rings is 1. The maximum absolute atomic E-state index is 12.0. The second kappa shape index (κ2) is 4.51. The van der Waals surface area contributed by atoms with Crippen LogP contribution >= 0.6 is 0 Å². The van der Waals surface area contributed by atoms with Crippen LogP contribution in [-0.4, -0.2) is 17.5 Å². The highest BCUT2D eigenvalue weighted by molar-refractivity contribution is 5.79. The van der Waals surface area contributed by atoms with Crippen LogP contribution in [0.4, 0.5) is 0 Å². The molecule has 1 aromatic carbocycles. The molecule has 3 rings (SSSR count). The summed E-state index contributed by atoms with van der Waals surface area (Å²) >= 11 is 0. The molecule has 2 fully saturated rings. The van der Waals surface area contributed by atoms with Crippen molar-refractivity contribution in [1.82, 2.24) is 0 Å². The summed E-state index contributed by atoms with van der Waals surface area (Å²) in [6.45, 7) is 2.20. The Balaban J connectivity index is 1.83. The molecule has 2 aliphatic rings. The topological polar surface area (TPSA) is 29.6 Å². The van der Waals surface area contributed by atoms with Gasteiger partial charge in [-0.1, -0.05) is 30.3 Å². The van der Waals surface area contributed by atoms with Crippen LogP contribution in [0.5, 0.6) is 0 Å². The summed E-state index contributed by atoms with van der Waals surface area (Å²) in [5.74, 6) is 0.737. The van der Waals surface area contributed by atoms with E-state index in [4.69, 9.17) is 4.74 Å². The van der Waals surface area contributed by atoms with Gasteiger partial charge in [0.15, 0.2) is 0 Å². The maximum Gasteiger partial charge on any atom is 0.133 e. The first-order valence-electron chi connectivity index (χ1n) is 6.92. The number of hydrogen-bond donors (Lipinski definition) is 0. The van der Waals surface area contributed by atoms with Gasteiger partial charge in [-0.15, -0.1) is 0 Å². The molecule has 3 unspecified atom stereocenters. The number of hydrogen-bond acceptors (Lipinski definition) is 2. The van der Waals surface area contributed by atoms with Gasteiger partial charge in [-0.3, -0.25) is 4.79 Å². The average Bonchev–Trinajstić information content (AvgIpc) is 2.99. The molecule has 1 heterocycles. The minimum absolute atomic E-state index is 0.0190. The van der Waals surface area contributed by atoms with E-state index in [2.05, 4.69) is 31.2 Å². The SMILES string of the molecule is CC12CC(c3ccccc3)CC(=O)CCCC1O2. The molecule has 1 aliphatic heterocycles. The fraction of sp³-hybridized carbons (Fsp3) is 0.562. The van der Waals surface area contributed by atoms with Crippen LogP contribution in [0.2, 0.25) is 0 Å². The quantitative estimate of drug-likeness (QED) is 0.708. The van der Waals surface area contributed by atoms with Gasteiger partial charge < -0.3 is 4.74 Å². The number of carbonyl (C=O) groups excluding carboxylic acids is 1. The lowest BCUT2D eigenvalue weighted by atomic mass is 9.85. The molecule has 0 N–H and O–H groups in total. The van der Waals surface area contributed by atoms with Crippen LogP contribution in [0.1, 0.15) is 50.5 Å². The highest BCUT2D eigenvalue weighted by Crippen LogP contribution is 2.47. The Morgan fingerprint density at radius 1 is 1.28 bits per heavy atom. The highest BCUT2D eigenvalue weighted by atomic mass is 16.6. The van der Waals surface area contributed by atoms with Crippen LogP contribution in [0.3, 0.4) is 0 Å². The first-order valence-corrected chi connectivity index (χ1v) is 6.92. The van der Waals surface area contributed by atoms with Gasteiger partial charge in [-0.25, -0.2) is 0 Å². The van der Waals surface area contributed by atoms with E-state index in [1.165, 1.54) is 5.56 Å². The van der Waals surface area contributed by atoms with E-state index >= 15 is 0 Å². The molecule has 1 saturated carbocycles. The number of epoxide rings is 1. The Labute approximate surface area is 108 Å². The van der Waals surface area contributed by atoms with Crippen LogP contribution in [0.15, 0.2) is 30.3 Å². The summed E-state index contributed by atoms with van der Waals surface area (Å²) in [6, 6.07) is 10.4. The van der Waals surface area contributed by atoms with E-state index in [1.54, 1.807) is 0 Å². The number of ether oxygens (including phenoxy) is 1. The summed E-state index contributed by atoms with van der Waals surface area (Å²) in [5.41, 5.74) is 1.30. The zero-order chi connectivity index (χ0) is 12.6. The van der Waals surface area contributed by atoms with Gasteiger partial charge >= 0.3 is 0 Å². The van der Waals surface area contributed by atoms with Crippen molar-refractivity contribution in [2.45, 2.75) is 56.7 Å². The van der Waals surface area contributed by atoms with Gasteiger partial charge in [-0.2, -0.15) is 0 Å². The number of ketones is 1. The standard InChI is InChI=1S/C16H20O2/c1-16-11-13(12-6-3-2-4-7-12)10-14(17)8-5-9-15(16)18-16/h2-4,6-7,13,15H,5,8-11H2,1H3. The Kier molecular flexibility index (Phi) is 2.98. The summed E-state index contributed by atoms with van der Waals surface area (Å²) in [4.78, 5) is 12.0. The predicted octanol–water partition coefficient (Wildman–Crippen LogP) is 3.46. The van der Waals surface area contributed by atoms with E-state index in [0.717, 1.165) is 25.7 Å². The monoisotopic (exact) mass is 244 g/mol. The molecule has 0 amide bonds. The van der Waals surface area contributed by atoms with Gasteiger partial charge in [0, 0.05) is 12.8 Å². The van der Waals surface area contributed by atoms with E-state index in [1.807, 2.05) is 6.07 Å². The van der Waals surface area contributed by atoms with Crippen LogP contribution in [-0.2, 0) is 9.53 Å². The van der Waals surface area contributed by atoms with Crippen LogP contribution < -0.4 is 0 Å². The Morgan fingerprint density at radius 2 is 2.06 bits per heavy atom. The first kappa shape index (κ1) is 11.9. The second-order valence-electron chi connectivity index (χ2n) is 5.87. The molecular formula is C16H20O2. The number of carbonyl (C=O) groups is 1. The van der Waals surface area contributed by atoms with Gasteiger partial charge in [-0.05, 0) is 37.7 Å². The van der Waals surface area contributed by atoms with Crippen LogP contribution in [0, 0.1) is 0 Å². The number of fused-ring (bicyclic) bond motifs is 1. The summed E-state index contributed by atoms with van der Waals surface area (Å²) in [6.07, 6.45) is 4.79. The Hall–Kier alpha value is -1.15. The lowest BCUT2D eigenvalue weighted by Crippen LogP contribution is -2.16. The molecule has 2 nitrogen and oxygen atoms in total. The van der Waals surface area contributed by atoms with Crippen molar-refractivity contribution in [2.24, 2.45) is 0 Å². The molecule has 0 bridgehead atoms. The Morgan fingerprint density at radius 3 is 2.83 bits per heavy atom. The van der Waals surface area contributed by atoms with Crippen molar-refractivity contribution in [2.75, 3.05) is 0 Å². The van der Waals surface area contributed by atoms with E-state index in [9.17, 15) is 4.79 Å². The molecule has 96 valence electrons. The van der Waals surface area contributed by atoms with Crippen molar-refractivity contribution in [3.8, 4) is 0 Å². The molecular weight excluding hydrogens is 224 g/mol. The summed E-state index contributed by atoms with van der Waals surface area (Å²) < 4.78 is 5.86. The lowest BCUT2D eigenvalue weighted by molar-refractivity contribution is -0.119. The minimum atomic E-state index is 0.0190. The highest BCUT2D eigenvalue weighted by Gasteiger charge is 2.52. The van der Waals surface area contributed by atoms with Crippen LogP contribution in [0.25, 0.3) is 0 Å². The van der Waals surface area contributed by atoms with E-state index < -0.39 is 0 Å². The van der Waals surface area contributed by atoms with Gasteiger partial charge in [0.2, 0.25) is 0 Å². The smallest absolute Gasteiger partial charge is 0.133 e. The molecule has 0 radical (unpaired) electrons. The zero-order valence-corrected chi connectivity index (χ0v) is 10.9. The zero-order valence-electron chi connectivity index (χ0n) is 10.9. The van der Waals surface area contributed by atoms with Crippen molar-refractivity contribution >= 4 is 5.78 Å². The summed E-state index contributed by atoms with van der Waals surface area (Å²) in [5, 5.41) is 0. The number of Topliss-reactive ketones (excluding diaryl/α,β-unsaturated/α-hetero) is 1. The average molecular weight is 244 g/mol. The Bertz CT molecular complexity index is 440. The third-order valence-corrected chi connectivity index (χ3v) is 4.35. The maximum atomic E-state index is 12.0. The molecule has 18 heavy (non-hydrogen) atoms. The van der Waals surface area contributed by atoms with Gasteiger partial charge in [0.1, 0.15) is 5.78 Å². The molecule has 0 spiro atoms. The van der Waals surface area contributed by atoms with E-state index in [0.29, 0.717) is 24.2 Å².